The molecule has 1 amide bonds. The number of nitrogens with one attached hydrogen (secondary N) is 1. The highest BCUT2D eigenvalue weighted by molar-refractivity contribution is 5.78. The third-order valence-corrected chi connectivity index (χ3v) is 3.69. The van der Waals surface area contributed by atoms with Crippen LogP contribution in [0.5, 0.6) is 0 Å². The van der Waals surface area contributed by atoms with Crippen LogP contribution in [-0.2, 0) is 17.8 Å². The van der Waals surface area contributed by atoms with Gasteiger partial charge in [-0.2, -0.15) is 0 Å². The summed E-state index contributed by atoms with van der Waals surface area (Å²) < 4.78 is 0. The molecule has 1 unspecified atom stereocenters. The Hall–Kier alpha value is -1.35. The monoisotopic (exact) mass is 276 g/mol. The minimum Gasteiger partial charge on any atom is -0.352 e. The molecule has 1 atom stereocenters. The van der Waals surface area contributed by atoms with Gasteiger partial charge in [0.25, 0.3) is 0 Å². The summed E-state index contributed by atoms with van der Waals surface area (Å²) in [4.78, 5) is 12.1. The maximum atomic E-state index is 12.1. The van der Waals surface area contributed by atoms with Gasteiger partial charge in [0.05, 0.1) is 0 Å². The Balaban J connectivity index is 2.42. The molecule has 0 radical (unpaired) electrons. The molecule has 20 heavy (non-hydrogen) atoms. The fourth-order valence-corrected chi connectivity index (χ4v) is 2.30. The van der Waals surface area contributed by atoms with Crippen LogP contribution in [0.4, 0.5) is 0 Å². The van der Waals surface area contributed by atoms with Gasteiger partial charge in [-0.15, -0.1) is 0 Å². The van der Waals surface area contributed by atoms with E-state index >= 15 is 0 Å². The van der Waals surface area contributed by atoms with E-state index in [9.17, 15) is 4.79 Å². The highest BCUT2D eigenvalue weighted by Gasteiger charge is 2.14. The summed E-state index contributed by atoms with van der Waals surface area (Å²) in [5, 5.41) is 3.05. The first kappa shape index (κ1) is 16.7. The van der Waals surface area contributed by atoms with Crippen molar-refractivity contribution >= 4 is 5.91 Å². The number of carbonyl (C=O) groups is 1. The predicted molar refractivity (Wildman–Crippen MR) is 84.4 cm³/mol. The fraction of sp³-hybridized carbons (Fsp3) is 0.588. The van der Waals surface area contributed by atoms with Crippen molar-refractivity contribution in [3.63, 3.8) is 0 Å². The Morgan fingerprint density at radius 1 is 1.20 bits per heavy atom. The molecule has 0 bridgehead atoms. The number of nitrogens with two attached hydrogens (primary N) is 1. The van der Waals surface area contributed by atoms with Gasteiger partial charge in [0.1, 0.15) is 0 Å². The molecule has 1 aromatic carbocycles. The van der Waals surface area contributed by atoms with Crippen LogP contribution in [0.25, 0.3) is 0 Å². The standard InChI is InChI=1S/C17H28N2O/c1-3-5-6-16(4-2)17(20)19-13-15-9-7-14(8-10-15)11-12-18/h7-10,16H,3-6,11-13,18H2,1-2H3,(H,19,20). The van der Waals surface area contributed by atoms with E-state index in [2.05, 4.69) is 43.4 Å². The van der Waals surface area contributed by atoms with Gasteiger partial charge in [-0.05, 0) is 36.9 Å². The fourth-order valence-electron chi connectivity index (χ4n) is 2.30. The second-order valence-corrected chi connectivity index (χ2v) is 5.32. The van der Waals surface area contributed by atoms with Crippen molar-refractivity contribution in [3.05, 3.63) is 35.4 Å². The van der Waals surface area contributed by atoms with Gasteiger partial charge in [0.2, 0.25) is 5.91 Å². The number of hydrogen-bond donors (Lipinski definition) is 2. The summed E-state index contributed by atoms with van der Waals surface area (Å²) in [6.07, 6.45) is 5.09. The third kappa shape index (κ3) is 5.74. The SMILES string of the molecule is CCCCC(CC)C(=O)NCc1ccc(CCN)cc1. The molecule has 0 saturated heterocycles. The van der Waals surface area contributed by atoms with Crippen LogP contribution in [-0.4, -0.2) is 12.5 Å². The number of rotatable bonds is 9. The number of unbranched alkanes of at least 4 members (excludes halogenated alkanes) is 1. The van der Waals surface area contributed by atoms with E-state index in [1.54, 1.807) is 0 Å². The molecule has 112 valence electrons. The van der Waals surface area contributed by atoms with E-state index in [1.165, 1.54) is 5.56 Å². The Bertz CT molecular complexity index is 386. The minimum atomic E-state index is 0.159. The van der Waals surface area contributed by atoms with Crippen molar-refractivity contribution in [1.82, 2.24) is 5.32 Å². The van der Waals surface area contributed by atoms with Gasteiger partial charge in [-0.1, -0.05) is 51.0 Å². The molecule has 1 rings (SSSR count). The maximum absolute atomic E-state index is 12.1. The van der Waals surface area contributed by atoms with Crippen LogP contribution in [0.2, 0.25) is 0 Å². The van der Waals surface area contributed by atoms with Gasteiger partial charge < -0.3 is 11.1 Å². The van der Waals surface area contributed by atoms with E-state index in [-0.39, 0.29) is 11.8 Å². The lowest BCUT2D eigenvalue weighted by Crippen LogP contribution is -2.30. The zero-order valence-electron chi connectivity index (χ0n) is 12.8. The van der Waals surface area contributed by atoms with Gasteiger partial charge in [-0.25, -0.2) is 0 Å². The van der Waals surface area contributed by atoms with E-state index in [0.717, 1.165) is 37.7 Å². The number of amides is 1. The molecule has 0 aliphatic heterocycles. The summed E-state index contributed by atoms with van der Waals surface area (Å²) in [5.41, 5.74) is 7.92. The van der Waals surface area contributed by atoms with Crippen LogP contribution in [0.15, 0.2) is 24.3 Å². The molecule has 0 aliphatic carbocycles. The number of benzene rings is 1. The first-order valence-corrected chi connectivity index (χ1v) is 7.76. The molecule has 0 fully saturated rings. The van der Waals surface area contributed by atoms with Crippen molar-refractivity contribution in [2.24, 2.45) is 11.7 Å². The second-order valence-electron chi connectivity index (χ2n) is 5.32. The predicted octanol–water partition coefficient (Wildman–Crippen LogP) is 3.02. The molecule has 3 N–H and O–H groups in total. The zero-order chi connectivity index (χ0) is 14.8. The smallest absolute Gasteiger partial charge is 0.223 e. The molecular weight excluding hydrogens is 248 g/mol. The lowest BCUT2D eigenvalue weighted by molar-refractivity contribution is -0.125. The highest BCUT2D eigenvalue weighted by Crippen LogP contribution is 2.13. The first-order chi connectivity index (χ1) is 9.71. The van der Waals surface area contributed by atoms with Crippen LogP contribution in [0.3, 0.4) is 0 Å². The van der Waals surface area contributed by atoms with Crippen LogP contribution >= 0.6 is 0 Å². The van der Waals surface area contributed by atoms with Crippen LogP contribution in [0.1, 0.15) is 50.7 Å². The molecule has 1 aromatic rings. The normalized spacial score (nSPS) is 12.2. The van der Waals surface area contributed by atoms with E-state index < -0.39 is 0 Å². The molecule has 0 aliphatic rings. The molecule has 3 heteroatoms. The minimum absolute atomic E-state index is 0.159. The van der Waals surface area contributed by atoms with Gasteiger partial charge in [-0.3, -0.25) is 4.79 Å². The summed E-state index contributed by atoms with van der Waals surface area (Å²) in [7, 11) is 0. The van der Waals surface area contributed by atoms with Crippen LogP contribution in [0, 0.1) is 5.92 Å². The van der Waals surface area contributed by atoms with Crippen molar-refractivity contribution in [3.8, 4) is 0 Å². The van der Waals surface area contributed by atoms with Crippen molar-refractivity contribution < 1.29 is 4.79 Å². The quantitative estimate of drug-likeness (QED) is 0.728. The average molecular weight is 276 g/mol. The summed E-state index contributed by atoms with van der Waals surface area (Å²) in [5.74, 6) is 0.346. The highest BCUT2D eigenvalue weighted by atomic mass is 16.1. The molecule has 0 saturated carbocycles. The maximum Gasteiger partial charge on any atom is 0.223 e. The summed E-state index contributed by atoms with van der Waals surface area (Å²) in [6.45, 7) is 5.53. The number of carbonyl (C=O) groups excluding carboxylic acids is 1. The Kier molecular flexibility index (Phi) is 7.97. The summed E-state index contributed by atoms with van der Waals surface area (Å²) >= 11 is 0. The van der Waals surface area contributed by atoms with Gasteiger partial charge in [0.15, 0.2) is 0 Å². The second kappa shape index (κ2) is 9.54. The van der Waals surface area contributed by atoms with E-state index in [0.29, 0.717) is 13.1 Å². The molecule has 0 spiro atoms. The molecule has 0 aromatic heterocycles. The number of hydrogen-bond acceptors (Lipinski definition) is 2. The summed E-state index contributed by atoms with van der Waals surface area (Å²) in [6, 6.07) is 8.31. The lowest BCUT2D eigenvalue weighted by atomic mass is 9.98. The van der Waals surface area contributed by atoms with Gasteiger partial charge >= 0.3 is 0 Å². The van der Waals surface area contributed by atoms with E-state index in [1.807, 2.05) is 0 Å². The topological polar surface area (TPSA) is 55.1 Å². The molecular formula is C17H28N2O. The first-order valence-electron chi connectivity index (χ1n) is 7.76. The Morgan fingerprint density at radius 2 is 1.85 bits per heavy atom. The van der Waals surface area contributed by atoms with Crippen molar-refractivity contribution in [1.29, 1.82) is 0 Å². The molecule has 0 heterocycles. The average Bonchev–Trinajstić information content (AvgIpc) is 2.47. The zero-order valence-corrected chi connectivity index (χ0v) is 12.8. The van der Waals surface area contributed by atoms with Crippen LogP contribution < -0.4 is 11.1 Å². The lowest BCUT2D eigenvalue weighted by Gasteiger charge is -2.14. The largest absolute Gasteiger partial charge is 0.352 e. The molecule has 3 nitrogen and oxygen atoms in total. The van der Waals surface area contributed by atoms with Crippen molar-refractivity contribution in [2.75, 3.05) is 6.54 Å². The van der Waals surface area contributed by atoms with Crippen molar-refractivity contribution in [2.45, 2.75) is 52.5 Å². The Labute approximate surface area is 122 Å². The van der Waals surface area contributed by atoms with Gasteiger partial charge in [0, 0.05) is 12.5 Å². The third-order valence-electron chi connectivity index (χ3n) is 3.69. The van der Waals surface area contributed by atoms with E-state index in [4.69, 9.17) is 5.73 Å². The Morgan fingerprint density at radius 3 is 2.40 bits per heavy atom.